The normalized spacial score (nSPS) is 23.2. The summed E-state index contributed by atoms with van der Waals surface area (Å²) in [6.07, 6.45) is 8.13. The quantitative estimate of drug-likeness (QED) is 0.677. The van der Waals surface area contributed by atoms with Gasteiger partial charge in [-0.3, -0.25) is 0 Å². The van der Waals surface area contributed by atoms with E-state index in [4.69, 9.17) is 10.5 Å². The third kappa shape index (κ3) is 6.46. The number of ether oxygens (including phenoxy) is 1. The summed E-state index contributed by atoms with van der Waals surface area (Å²) in [5.74, 6) is 0. The number of unbranched alkanes of at least 4 members (excludes halogenated alkanes) is 4. The highest BCUT2D eigenvalue weighted by molar-refractivity contribution is 4.66. The molecule has 16 heavy (non-hydrogen) atoms. The Labute approximate surface area is 100 Å². The van der Waals surface area contributed by atoms with Crippen molar-refractivity contribution in [1.82, 2.24) is 4.90 Å². The maximum atomic E-state index is 5.64. The highest BCUT2D eigenvalue weighted by Gasteiger charge is 2.13. The van der Waals surface area contributed by atoms with Crippen LogP contribution in [0.15, 0.2) is 0 Å². The minimum atomic E-state index is 0.416. The zero-order valence-electron chi connectivity index (χ0n) is 10.8. The first-order valence-corrected chi connectivity index (χ1v) is 6.87. The summed E-state index contributed by atoms with van der Waals surface area (Å²) in [7, 11) is 0. The molecular weight excluding hydrogens is 200 g/mol. The summed E-state index contributed by atoms with van der Waals surface area (Å²) < 4.78 is 5.64. The fourth-order valence-corrected chi connectivity index (χ4v) is 2.29. The van der Waals surface area contributed by atoms with Gasteiger partial charge in [0, 0.05) is 19.7 Å². The second-order valence-electron chi connectivity index (χ2n) is 4.89. The smallest absolute Gasteiger partial charge is 0.0673 e. The van der Waals surface area contributed by atoms with Crippen molar-refractivity contribution < 1.29 is 4.74 Å². The van der Waals surface area contributed by atoms with E-state index in [1.165, 1.54) is 51.6 Å². The molecular formula is C13H28N2O. The molecule has 0 amide bonds. The molecule has 0 aliphatic carbocycles. The molecule has 0 aromatic rings. The molecule has 2 N–H and O–H groups in total. The summed E-state index contributed by atoms with van der Waals surface area (Å²) in [4.78, 5) is 2.56. The van der Waals surface area contributed by atoms with Crippen LogP contribution in [0.3, 0.4) is 0 Å². The van der Waals surface area contributed by atoms with Crippen molar-refractivity contribution in [3.05, 3.63) is 0 Å². The molecule has 0 bridgehead atoms. The van der Waals surface area contributed by atoms with Gasteiger partial charge in [-0.05, 0) is 39.3 Å². The van der Waals surface area contributed by atoms with Gasteiger partial charge in [0.2, 0.25) is 0 Å². The molecule has 96 valence electrons. The van der Waals surface area contributed by atoms with Gasteiger partial charge in [-0.2, -0.15) is 0 Å². The van der Waals surface area contributed by atoms with E-state index in [2.05, 4.69) is 11.8 Å². The second-order valence-corrected chi connectivity index (χ2v) is 4.89. The van der Waals surface area contributed by atoms with Crippen molar-refractivity contribution in [2.45, 2.75) is 51.6 Å². The van der Waals surface area contributed by atoms with Gasteiger partial charge < -0.3 is 15.4 Å². The Kier molecular flexibility index (Phi) is 7.81. The van der Waals surface area contributed by atoms with Gasteiger partial charge in [-0.1, -0.05) is 19.3 Å². The molecule has 0 saturated carbocycles. The first-order valence-electron chi connectivity index (χ1n) is 6.87. The van der Waals surface area contributed by atoms with E-state index < -0.39 is 0 Å². The van der Waals surface area contributed by atoms with Crippen LogP contribution >= 0.6 is 0 Å². The molecule has 1 heterocycles. The fraction of sp³-hybridized carbons (Fsp3) is 1.00. The third-order valence-electron chi connectivity index (χ3n) is 3.21. The zero-order valence-corrected chi connectivity index (χ0v) is 10.8. The van der Waals surface area contributed by atoms with Crippen molar-refractivity contribution in [1.29, 1.82) is 0 Å². The van der Waals surface area contributed by atoms with Crippen LogP contribution in [-0.2, 0) is 4.74 Å². The van der Waals surface area contributed by atoms with Crippen molar-refractivity contribution in [2.75, 3.05) is 32.8 Å². The van der Waals surface area contributed by atoms with Crippen LogP contribution in [0, 0.1) is 0 Å². The second kappa shape index (κ2) is 8.97. The molecule has 1 unspecified atom stereocenters. The number of nitrogens with two attached hydrogens (primary N) is 1. The topological polar surface area (TPSA) is 38.5 Å². The molecule has 0 aromatic heterocycles. The Morgan fingerprint density at radius 1 is 1.19 bits per heavy atom. The maximum absolute atomic E-state index is 5.64. The summed E-state index contributed by atoms with van der Waals surface area (Å²) in [5.41, 5.74) is 5.47. The average molecular weight is 228 g/mol. The van der Waals surface area contributed by atoms with E-state index in [-0.39, 0.29) is 0 Å². The Bertz CT molecular complexity index is 164. The molecule has 0 aromatic carbocycles. The first-order chi connectivity index (χ1) is 7.83. The van der Waals surface area contributed by atoms with E-state index in [9.17, 15) is 0 Å². The Morgan fingerprint density at radius 2 is 1.94 bits per heavy atom. The molecule has 3 nitrogen and oxygen atoms in total. The number of hydrogen-bond donors (Lipinski definition) is 1. The highest BCUT2D eigenvalue weighted by atomic mass is 16.5. The maximum Gasteiger partial charge on any atom is 0.0673 e. The van der Waals surface area contributed by atoms with E-state index in [1.807, 2.05) is 0 Å². The molecule has 1 aliphatic rings. The molecule has 0 spiro atoms. The summed E-state index contributed by atoms with van der Waals surface area (Å²) in [5, 5.41) is 0. The minimum Gasteiger partial charge on any atom is -0.377 e. The molecule has 0 radical (unpaired) electrons. The van der Waals surface area contributed by atoms with E-state index in [0.717, 1.165) is 19.7 Å². The van der Waals surface area contributed by atoms with Gasteiger partial charge in [-0.15, -0.1) is 0 Å². The minimum absolute atomic E-state index is 0.416. The van der Waals surface area contributed by atoms with Crippen LogP contribution in [0.25, 0.3) is 0 Å². The SMILES string of the molecule is CC1CN(CCCCCCCN)CCCO1. The molecule has 1 aliphatic heterocycles. The van der Waals surface area contributed by atoms with Crippen LogP contribution < -0.4 is 5.73 Å². The van der Waals surface area contributed by atoms with E-state index in [0.29, 0.717) is 6.10 Å². The third-order valence-corrected chi connectivity index (χ3v) is 3.21. The first kappa shape index (κ1) is 13.9. The van der Waals surface area contributed by atoms with Gasteiger partial charge in [0.1, 0.15) is 0 Å². The fourth-order valence-electron chi connectivity index (χ4n) is 2.29. The van der Waals surface area contributed by atoms with Gasteiger partial charge in [-0.25, -0.2) is 0 Å². The monoisotopic (exact) mass is 228 g/mol. The lowest BCUT2D eigenvalue weighted by Gasteiger charge is -2.21. The molecule has 1 atom stereocenters. The predicted molar refractivity (Wildman–Crippen MR) is 68.6 cm³/mol. The van der Waals surface area contributed by atoms with Gasteiger partial charge in [0.15, 0.2) is 0 Å². The van der Waals surface area contributed by atoms with Crippen molar-refractivity contribution in [3.8, 4) is 0 Å². The summed E-state index contributed by atoms with van der Waals surface area (Å²) in [6, 6.07) is 0. The summed E-state index contributed by atoms with van der Waals surface area (Å²) >= 11 is 0. The predicted octanol–water partition coefficient (Wildman–Crippen LogP) is 2.01. The Balaban J connectivity index is 1.98. The highest BCUT2D eigenvalue weighted by Crippen LogP contribution is 2.08. The largest absolute Gasteiger partial charge is 0.377 e. The number of rotatable bonds is 7. The van der Waals surface area contributed by atoms with Crippen LogP contribution in [0.4, 0.5) is 0 Å². The van der Waals surface area contributed by atoms with E-state index in [1.54, 1.807) is 0 Å². The van der Waals surface area contributed by atoms with Crippen molar-refractivity contribution in [2.24, 2.45) is 5.73 Å². The molecule has 3 heteroatoms. The number of hydrogen-bond acceptors (Lipinski definition) is 3. The average Bonchev–Trinajstić information content (AvgIpc) is 2.48. The lowest BCUT2D eigenvalue weighted by atomic mass is 10.1. The van der Waals surface area contributed by atoms with Crippen molar-refractivity contribution in [3.63, 3.8) is 0 Å². The lowest BCUT2D eigenvalue weighted by molar-refractivity contribution is 0.0675. The van der Waals surface area contributed by atoms with Gasteiger partial charge in [0.05, 0.1) is 6.10 Å². The summed E-state index contributed by atoms with van der Waals surface area (Å²) in [6.45, 7) is 7.54. The zero-order chi connectivity index (χ0) is 11.6. The van der Waals surface area contributed by atoms with Crippen LogP contribution in [-0.4, -0.2) is 43.8 Å². The van der Waals surface area contributed by atoms with Crippen LogP contribution in [0.5, 0.6) is 0 Å². The van der Waals surface area contributed by atoms with E-state index >= 15 is 0 Å². The van der Waals surface area contributed by atoms with Crippen LogP contribution in [0.2, 0.25) is 0 Å². The Hall–Kier alpha value is -0.120. The van der Waals surface area contributed by atoms with Gasteiger partial charge in [0.25, 0.3) is 0 Å². The number of nitrogens with zero attached hydrogens (tertiary/aromatic N) is 1. The Morgan fingerprint density at radius 3 is 2.75 bits per heavy atom. The lowest BCUT2D eigenvalue weighted by Crippen LogP contribution is -2.31. The molecule has 1 fully saturated rings. The van der Waals surface area contributed by atoms with Crippen LogP contribution in [0.1, 0.15) is 45.4 Å². The standard InChI is InChI=1S/C13H28N2O/c1-13-12-15(10-7-11-16-13)9-6-4-2-3-5-8-14/h13H,2-12,14H2,1H3. The molecule has 1 saturated heterocycles. The van der Waals surface area contributed by atoms with Gasteiger partial charge >= 0.3 is 0 Å². The molecule has 1 rings (SSSR count). The van der Waals surface area contributed by atoms with Crippen molar-refractivity contribution >= 4 is 0 Å².